The summed E-state index contributed by atoms with van der Waals surface area (Å²) in [4.78, 5) is 14.9. The number of carbonyl (C=O) groups is 1. The molecule has 0 atom stereocenters. The molecule has 0 unspecified atom stereocenters. The Morgan fingerprint density at radius 2 is 1.79 bits per heavy atom. The van der Waals surface area contributed by atoms with E-state index in [1.54, 1.807) is 0 Å². The second-order valence-corrected chi connectivity index (χ2v) is 7.39. The van der Waals surface area contributed by atoms with Crippen molar-refractivity contribution in [1.29, 1.82) is 0 Å². The van der Waals surface area contributed by atoms with Crippen LogP contribution in [-0.2, 0) is 11.3 Å². The van der Waals surface area contributed by atoms with Crippen LogP contribution in [0.1, 0.15) is 24.0 Å². The molecule has 4 heteroatoms. The van der Waals surface area contributed by atoms with E-state index in [-0.39, 0.29) is 11.8 Å². The molecule has 1 saturated heterocycles. The number of likely N-dealkylation sites (tertiary alicyclic amines) is 1. The summed E-state index contributed by atoms with van der Waals surface area (Å²) in [5.41, 5.74) is 3.59. The number of aryl methyl sites for hydroxylation is 1. The lowest BCUT2D eigenvalue weighted by Gasteiger charge is -2.31. The van der Waals surface area contributed by atoms with Crippen molar-refractivity contribution in [3.05, 3.63) is 64.1 Å². The van der Waals surface area contributed by atoms with E-state index in [9.17, 15) is 4.79 Å². The van der Waals surface area contributed by atoms with Crippen molar-refractivity contribution in [1.82, 2.24) is 4.90 Å². The van der Waals surface area contributed by atoms with Gasteiger partial charge in [0.25, 0.3) is 0 Å². The van der Waals surface area contributed by atoms with E-state index in [1.165, 1.54) is 11.1 Å². The fourth-order valence-electron chi connectivity index (χ4n) is 3.16. The maximum absolute atomic E-state index is 12.4. The minimum atomic E-state index is 0.113. The van der Waals surface area contributed by atoms with Crippen LogP contribution in [0.15, 0.2) is 53.0 Å². The molecule has 126 valence electrons. The fraction of sp³-hybridized carbons (Fsp3) is 0.350. The summed E-state index contributed by atoms with van der Waals surface area (Å²) in [5.74, 6) is 0.259. The predicted molar refractivity (Wildman–Crippen MR) is 102 cm³/mol. The standard InChI is InChI=1S/C20H23BrN2O/c1-15-4-2-3-5-17(15)14-23-12-10-16(11-13-23)20(24)22-19-8-6-18(21)7-9-19/h2-9,16H,10-14H2,1H3,(H,22,24). The number of rotatable bonds is 4. The van der Waals surface area contributed by atoms with Crippen molar-refractivity contribution in [3.8, 4) is 0 Å². The smallest absolute Gasteiger partial charge is 0.227 e. The summed E-state index contributed by atoms with van der Waals surface area (Å²) >= 11 is 3.41. The Morgan fingerprint density at radius 3 is 2.46 bits per heavy atom. The monoisotopic (exact) mass is 386 g/mol. The normalized spacial score (nSPS) is 16.1. The highest BCUT2D eigenvalue weighted by molar-refractivity contribution is 9.10. The lowest BCUT2D eigenvalue weighted by Crippen LogP contribution is -2.37. The first kappa shape index (κ1) is 17.2. The molecule has 1 amide bonds. The number of anilines is 1. The van der Waals surface area contributed by atoms with Crippen LogP contribution in [0.25, 0.3) is 0 Å². The van der Waals surface area contributed by atoms with Gasteiger partial charge in [0.15, 0.2) is 0 Å². The lowest BCUT2D eigenvalue weighted by molar-refractivity contribution is -0.121. The molecule has 1 aliphatic heterocycles. The van der Waals surface area contributed by atoms with Crippen molar-refractivity contribution in [2.75, 3.05) is 18.4 Å². The van der Waals surface area contributed by atoms with Gasteiger partial charge >= 0.3 is 0 Å². The summed E-state index contributed by atoms with van der Waals surface area (Å²) < 4.78 is 1.02. The molecule has 1 aliphatic rings. The van der Waals surface area contributed by atoms with Crippen LogP contribution in [0.5, 0.6) is 0 Å². The molecule has 1 fully saturated rings. The van der Waals surface area contributed by atoms with Crippen LogP contribution >= 0.6 is 15.9 Å². The number of nitrogens with zero attached hydrogens (tertiary/aromatic N) is 1. The molecule has 1 heterocycles. The first-order valence-electron chi connectivity index (χ1n) is 8.45. The molecule has 0 aliphatic carbocycles. The Morgan fingerprint density at radius 1 is 1.12 bits per heavy atom. The summed E-state index contributed by atoms with van der Waals surface area (Å²) in [6, 6.07) is 16.3. The zero-order valence-electron chi connectivity index (χ0n) is 14.0. The van der Waals surface area contributed by atoms with Crippen molar-refractivity contribution in [2.24, 2.45) is 5.92 Å². The number of piperidine rings is 1. The van der Waals surface area contributed by atoms with E-state index in [1.807, 2.05) is 24.3 Å². The van der Waals surface area contributed by atoms with Crippen LogP contribution in [0.3, 0.4) is 0 Å². The average molecular weight is 387 g/mol. The number of carbonyl (C=O) groups excluding carboxylic acids is 1. The zero-order valence-corrected chi connectivity index (χ0v) is 15.6. The third kappa shape index (κ3) is 4.46. The summed E-state index contributed by atoms with van der Waals surface area (Å²) in [6.45, 7) is 5.10. The van der Waals surface area contributed by atoms with Gasteiger partial charge in [-0.2, -0.15) is 0 Å². The first-order chi connectivity index (χ1) is 11.6. The largest absolute Gasteiger partial charge is 0.326 e. The molecule has 0 radical (unpaired) electrons. The van der Waals surface area contributed by atoms with Gasteiger partial charge in [-0.05, 0) is 68.2 Å². The van der Waals surface area contributed by atoms with Crippen LogP contribution < -0.4 is 5.32 Å². The van der Waals surface area contributed by atoms with E-state index in [0.717, 1.165) is 42.6 Å². The van der Waals surface area contributed by atoms with E-state index in [0.29, 0.717) is 0 Å². The molecule has 0 spiro atoms. The van der Waals surface area contributed by atoms with E-state index in [2.05, 4.69) is 57.3 Å². The van der Waals surface area contributed by atoms with Crippen molar-refractivity contribution in [3.63, 3.8) is 0 Å². The minimum absolute atomic E-state index is 0.113. The predicted octanol–water partition coefficient (Wildman–Crippen LogP) is 4.61. The third-order valence-electron chi connectivity index (χ3n) is 4.73. The fourth-order valence-corrected chi connectivity index (χ4v) is 3.42. The Bertz CT molecular complexity index is 691. The molecule has 2 aromatic rings. The maximum Gasteiger partial charge on any atom is 0.227 e. The van der Waals surface area contributed by atoms with Gasteiger partial charge in [-0.1, -0.05) is 40.2 Å². The Hall–Kier alpha value is -1.65. The highest BCUT2D eigenvalue weighted by atomic mass is 79.9. The Balaban J connectivity index is 1.50. The summed E-state index contributed by atoms with van der Waals surface area (Å²) in [7, 11) is 0. The van der Waals surface area contributed by atoms with Gasteiger partial charge in [0.2, 0.25) is 5.91 Å². The molecule has 3 nitrogen and oxygen atoms in total. The number of hydrogen-bond donors (Lipinski definition) is 1. The Kier molecular flexibility index (Phi) is 5.69. The van der Waals surface area contributed by atoms with Gasteiger partial charge < -0.3 is 5.32 Å². The van der Waals surface area contributed by atoms with Crippen LogP contribution in [0.4, 0.5) is 5.69 Å². The molecule has 0 saturated carbocycles. The number of halogens is 1. The zero-order chi connectivity index (χ0) is 16.9. The van der Waals surface area contributed by atoms with Gasteiger partial charge in [0.05, 0.1) is 0 Å². The molecule has 3 rings (SSSR count). The quantitative estimate of drug-likeness (QED) is 0.831. The molecule has 24 heavy (non-hydrogen) atoms. The van der Waals surface area contributed by atoms with Crippen molar-refractivity contribution in [2.45, 2.75) is 26.3 Å². The van der Waals surface area contributed by atoms with Crippen molar-refractivity contribution >= 4 is 27.5 Å². The second kappa shape index (κ2) is 7.95. The number of hydrogen-bond acceptors (Lipinski definition) is 2. The number of amides is 1. The SMILES string of the molecule is Cc1ccccc1CN1CCC(C(=O)Nc2ccc(Br)cc2)CC1. The van der Waals surface area contributed by atoms with Gasteiger partial charge in [0, 0.05) is 22.6 Å². The molecular weight excluding hydrogens is 364 g/mol. The van der Waals surface area contributed by atoms with Gasteiger partial charge in [-0.25, -0.2) is 0 Å². The summed E-state index contributed by atoms with van der Waals surface area (Å²) in [5, 5.41) is 3.03. The highest BCUT2D eigenvalue weighted by Gasteiger charge is 2.25. The van der Waals surface area contributed by atoms with Gasteiger partial charge in [-0.3, -0.25) is 9.69 Å². The van der Waals surface area contributed by atoms with E-state index >= 15 is 0 Å². The second-order valence-electron chi connectivity index (χ2n) is 6.47. The molecule has 1 N–H and O–H groups in total. The van der Waals surface area contributed by atoms with Crippen LogP contribution in [0.2, 0.25) is 0 Å². The van der Waals surface area contributed by atoms with Crippen LogP contribution in [0, 0.1) is 12.8 Å². The molecule has 2 aromatic carbocycles. The van der Waals surface area contributed by atoms with E-state index in [4.69, 9.17) is 0 Å². The maximum atomic E-state index is 12.4. The third-order valence-corrected chi connectivity index (χ3v) is 5.25. The van der Waals surface area contributed by atoms with Gasteiger partial charge in [0.1, 0.15) is 0 Å². The Labute approximate surface area is 152 Å². The number of nitrogens with one attached hydrogen (secondary N) is 1. The van der Waals surface area contributed by atoms with Crippen LogP contribution in [-0.4, -0.2) is 23.9 Å². The average Bonchev–Trinajstić information content (AvgIpc) is 2.59. The lowest BCUT2D eigenvalue weighted by atomic mass is 9.95. The molecule has 0 aromatic heterocycles. The minimum Gasteiger partial charge on any atom is -0.326 e. The highest BCUT2D eigenvalue weighted by Crippen LogP contribution is 2.22. The van der Waals surface area contributed by atoms with E-state index < -0.39 is 0 Å². The topological polar surface area (TPSA) is 32.3 Å². The number of benzene rings is 2. The molecular formula is C20H23BrN2O. The first-order valence-corrected chi connectivity index (χ1v) is 9.24. The summed E-state index contributed by atoms with van der Waals surface area (Å²) in [6.07, 6.45) is 1.85. The van der Waals surface area contributed by atoms with Crippen molar-refractivity contribution < 1.29 is 4.79 Å². The van der Waals surface area contributed by atoms with Gasteiger partial charge in [-0.15, -0.1) is 0 Å². The molecule has 0 bridgehead atoms.